The van der Waals surface area contributed by atoms with Gasteiger partial charge in [0, 0.05) is 11.5 Å². The molecule has 4 nitrogen and oxygen atoms in total. The van der Waals surface area contributed by atoms with Crippen LogP contribution in [0.2, 0.25) is 0 Å². The van der Waals surface area contributed by atoms with Crippen LogP contribution in [-0.2, 0) is 6.42 Å². The molecular weight excluding hydrogens is 482 g/mol. The van der Waals surface area contributed by atoms with Gasteiger partial charge in [0.15, 0.2) is 0 Å². The zero-order valence-corrected chi connectivity index (χ0v) is 22.0. The standard InChI is InChI=1S/C32H33NO3.ClH/c1-22-15-16-25(20-29(22)32(34)35)30-21-26(36-31-14-5-4-13-28(30)31)11-7-18-33-19-17-24-10-6-9-23-8-2-3-12-27(23)24;/h2-6,8-10,12-16,20,26,30,33H,7,11,17-19,21H2,1H3,(H,34,35);1H. The molecule has 5 heteroatoms. The van der Waals surface area contributed by atoms with Gasteiger partial charge in [-0.25, -0.2) is 4.79 Å². The Bertz CT molecular complexity index is 1360. The van der Waals surface area contributed by atoms with Crippen LogP contribution in [0.15, 0.2) is 84.9 Å². The molecule has 2 N–H and O–H groups in total. The maximum atomic E-state index is 11.7. The molecule has 0 bridgehead atoms. The third-order valence-corrected chi connectivity index (χ3v) is 7.31. The monoisotopic (exact) mass is 515 g/mol. The largest absolute Gasteiger partial charge is 0.490 e. The van der Waals surface area contributed by atoms with E-state index in [1.54, 1.807) is 0 Å². The molecule has 0 amide bonds. The molecule has 1 aliphatic heterocycles. The number of rotatable bonds is 9. The second-order valence-electron chi connectivity index (χ2n) is 9.73. The van der Waals surface area contributed by atoms with E-state index in [1.807, 2.05) is 37.3 Å². The minimum atomic E-state index is -0.874. The molecule has 2 atom stereocenters. The van der Waals surface area contributed by atoms with Crippen molar-refractivity contribution in [2.24, 2.45) is 0 Å². The van der Waals surface area contributed by atoms with Crippen LogP contribution in [0.25, 0.3) is 10.8 Å². The summed E-state index contributed by atoms with van der Waals surface area (Å²) in [5.74, 6) is 0.180. The third-order valence-electron chi connectivity index (χ3n) is 7.31. The number of fused-ring (bicyclic) bond motifs is 2. The lowest BCUT2D eigenvalue weighted by Gasteiger charge is -2.33. The molecule has 5 rings (SSSR count). The molecule has 0 saturated heterocycles. The molecule has 0 aliphatic carbocycles. The molecule has 0 fully saturated rings. The molecule has 0 spiro atoms. The summed E-state index contributed by atoms with van der Waals surface area (Å²) < 4.78 is 6.37. The summed E-state index contributed by atoms with van der Waals surface area (Å²) in [6.07, 6.45) is 3.97. The lowest BCUT2D eigenvalue weighted by atomic mass is 9.82. The maximum absolute atomic E-state index is 11.7. The van der Waals surface area contributed by atoms with Crippen molar-refractivity contribution in [3.8, 4) is 5.75 Å². The molecule has 4 aromatic carbocycles. The number of aromatic carboxylic acids is 1. The fourth-order valence-corrected chi connectivity index (χ4v) is 5.39. The Morgan fingerprint density at radius 2 is 1.76 bits per heavy atom. The number of ether oxygens (including phenoxy) is 1. The summed E-state index contributed by atoms with van der Waals surface area (Å²) in [7, 11) is 0. The van der Waals surface area contributed by atoms with Crippen molar-refractivity contribution in [2.75, 3.05) is 13.1 Å². The summed E-state index contributed by atoms with van der Waals surface area (Å²) in [5, 5.41) is 15.9. The van der Waals surface area contributed by atoms with Gasteiger partial charge in [-0.2, -0.15) is 0 Å². The van der Waals surface area contributed by atoms with Crippen LogP contribution in [0.4, 0.5) is 0 Å². The van der Waals surface area contributed by atoms with Crippen LogP contribution in [0, 0.1) is 6.92 Å². The minimum Gasteiger partial charge on any atom is -0.490 e. The number of nitrogens with one attached hydrogen (secondary N) is 1. The minimum absolute atomic E-state index is 0. The van der Waals surface area contributed by atoms with E-state index in [9.17, 15) is 9.90 Å². The van der Waals surface area contributed by atoms with E-state index < -0.39 is 5.97 Å². The summed E-state index contributed by atoms with van der Waals surface area (Å²) in [6.45, 7) is 3.75. The topological polar surface area (TPSA) is 58.6 Å². The van der Waals surface area contributed by atoms with E-state index in [-0.39, 0.29) is 24.4 Å². The van der Waals surface area contributed by atoms with Gasteiger partial charge in [0.2, 0.25) is 0 Å². The smallest absolute Gasteiger partial charge is 0.335 e. The van der Waals surface area contributed by atoms with Gasteiger partial charge in [-0.05, 0) is 85.3 Å². The number of para-hydroxylation sites is 1. The van der Waals surface area contributed by atoms with Gasteiger partial charge in [0.1, 0.15) is 5.75 Å². The van der Waals surface area contributed by atoms with E-state index >= 15 is 0 Å². The fraction of sp³-hybridized carbons (Fsp3) is 0.281. The van der Waals surface area contributed by atoms with Crippen LogP contribution >= 0.6 is 12.4 Å². The van der Waals surface area contributed by atoms with Gasteiger partial charge in [-0.1, -0.05) is 72.8 Å². The highest BCUT2D eigenvalue weighted by atomic mass is 35.5. The molecular formula is C32H34ClNO3. The predicted octanol–water partition coefficient (Wildman–Crippen LogP) is 7.16. The summed E-state index contributed by atoms with van der Waals surface area (Å²) in [4.78, 5) is 11.7. The lowest BCUT2D eigenvalue weighted by molar-refractivity contribution is 0.0696. The summed E-state index contributed by atoms with van der Waals surface area (Å²) in [5.41, 5.74) is 4.74. The van der Waals surface area contributed by atoms with E-state index in [0.717, 1.165) is 61.2 Å². The van der Waals surface area contributed by atoms with Crippen molar-refractivity contribution < 1.29 is 14.6 Å². The first-order chi connectivity index (χ1) is 17.6. The van der Waals surface area contributed by atoms with E-state index in [2.05, 4.69) is 59.9 Å². The van der Waals surface area contributed by atoms with Gasteiger partial charge in [-0.15, -0.1) is 12.4 Å². The Kier molecular flexibility index (Phi) is 8.86. The highest BCUT2D eigenvalue weighted by Crippen LogP contribution is 2.41. The average molecular weight is 516 g/mol. The summed E-state index contributed by atoms with van der Waals surface area (Å²) >= 11 is 0. The molecule has 0 saturated carbocycles. The van der Waals surface area contributed by atoms with Gasteiger partial charge < -0.3 is 15.2 Å². The van der Waals surface area contributed by atoms with Gasteiger partial charge in [-0.3, -0.25) is 0 Å². The Morgan fingerprint density at radius 3 is 2.62 bits per heavy atom. The van der Waals surface area contributed by atoms with E-state index in [0.29, 0.717) is 5.56 Å². The van der Waals surface area contributed by atoms with Crippen molar-refractivity contribution in [3.05, 3.63) is 113 Å². The SMILES string of the molecule is Cc1ccc(C2CC(CCCNCCc3cccc4ccccc34)Oc3ccccc32)cc1C(=O)O.Cl. The van der Waals surface area contributed by atoms with Crippen LogP contribution < -0.4 is 10.1 Å². The van der Waals surface area contributed by atoms with Gasteiger partial charge >= 0.3 is 5.97 Å². The van der Waals surface area contributed by atoms with E-state index in [4.69, 9.17) is 4.74 Å². The molecule has 1 heterocycles. The molecule has 4 aromatic rings. The molecule has 0 radical (unpaired) electrons. The molecule has 0 aromatic heterocycles. The number of hydrogen-bond donors (Lipinski definition) is 2. The van der Waals surface area contributed by atoms with Crippen LogP contribution in [0.3, 0.4) is 0 Å². The third kappa shape index (κ3) is 6.15. The Labute approximate surface area is 225 Å². The number of hydrogen-bond acceptors (Lipinski definition) is 3. The molecule has 1 aliphatic rings. The Balaban J connectivity index is 0.00000320. The van der Waals surface area contributed by atoms with Crippen molar-refractivity contribution in [1.82, 2.24) is 5.32 Å². The Morgan fingerprint density at radius 1 is 0.973 bits per heavy atom. The Hall–Kier alpha value is -3.34. The number of aryl methyl sites for hydroxylation is 1. The fourth-order valence-electron chi connectivity index (χ4n) is 5.39. The number of carbonyl (C=O) groups is 1. The summed E-state index contributed by atoms with van der Waals surface area (Å²) in [6, 6.07) is 29.1. The second-order valence-corrected chi connectivity index (χ2v) is 9.73. The first kappa shape index (κ1) is 26.7. The molecule has 2 unspecified atom stereocenters. The number of carboxylic acids is 1. The van der Waals surface area contributed by atoms with Crippen LogP contribution in [0.1, 0.15) is 57.8 Å². The molecule has 37 heavy (non-hydrogen) atoms. The molecule has 192 valence electrons. The second kappa shape index (κ2) is 12.3. The zero-order valence-electron chi connectivity index (χ0n) is 21.2. The van der Waals surface area contributed by atoms with Crippen molar-refractivity contribution in [1.29, 1.82) is 0 Å². The first-order valence-electron chi connectivity index (χ1n) is 12.9. The van der Waals surface area contributed by atoms with E-state index in [1.165, 1.54) is 16.3 Å². The van der Waals surface area contributed by atoms with Crippen LogP contribution in [-0.4, -0.2) is 30.3 Å². The van der Waals surface area contributed by atoms with Crippen molar-refractivity contribution >= 4 is 29.1 Å². The number of halogens is 1. The van der Waals surface area contributed by atoms with Crippen LogP contribution in [0.5, 0.6) is 5.75 Å². The highest BCUT2D eigenvalue weighted by Gasteiger charge is 2.29. The lowest BCUT2D eigenvalue weighted by Crippen LogP contribution is -2.28. The van der Waals surface area contributed by atoms with Crippen molar-refractivity contribution in [3.63, 3.8) is 0 Å². The predicted molar refractivity (Wildman–Crippen MR) is 152 cm³/mol. The van der Waals surface area contributed by atoms with Gasteiger partial charge in [0.25, 0.3) is 0 Å². The number of benzene rings is 4. The quantitative estimate of drug-likeness (QED) is 0.232. The zero-order chi connectivity index (χ0) is 24.9. The number of carboxylic acid groups (broad SMARTS) is 1. The van der Waals surface area contributed by atoms with Crippen molar-refractivity contribution in [2.45, 2.75) is 44.6 Å². The van der Waals surface area contributed by atoms with Gasteiger partial charge in [0.05, 0.1) is 11.7 Å². The average Bonchev–Trinajstić information content (AvgIpc) is 2.90. The maximum Gasteiger partial charge on any atom is 0.335 e. The normalized spacial score (nSPS) is 16.5. The first-order valence-corrected chi connectivity index (χ1v) is 12.9. The highest BCUT2D eigenvalue weighted by molar-refractivity contribution is 5.89.